The van der Waals surface area contributed by atoms with Crippen molar-refractivity contribution in [2.45, 2.75) is 52.6 Å². The molecule has 0 aliphatic carbocycles. The smallest absolute Gasteiger partial charge is 0.407 e. The summed E-state index contributed by atoms with van der Waals surface area (Å²) in [5, 5.41) is 13.8. The van der Waals surface area contributed by atoms with Crippen molar-refractivity contribution >= 4 is 18.0 Å². The molecule has 0 aromatic rings. The first kappa shape index (κ1) is 22.2. The van der Waals surface area contributed by atoms with Gasteiger partial charge in [0.25, 0.3) is 0 Å². The van der Waals surface area contributed by atoms with Gasteiger partial charge in [-0.3, -0.25) is 9.59 Å². The molecule has 0 radical (unpaired) electrons. The summed E-state index contributed by atoms with van der Waals surface area (Å²) in [4.78, 5) is 33.1. The molecule has 2 amide bonds. The van der Waals surface area contributed by atoms with Crippen molar-refractivity contribution in [2.75, 3.05) is 26.3 Å². The van der Waals surface area contributed by atoms with Crippen LogP contribution in [0.5, 0.6) is 0 Å². The van der Waals surface area contributed by atoms with Gasteiger partial charge in [-0.15, -0.1) is 0 Å². The quantitative estimate of drug-likeness (QED) is 0.489. The molecule has 0 fully saturated rings. The lowest BCUT2D eigenvalue weighted by Crippen LogP contribution is -2.33. The molecule has 24 heavy (non-hydrogen) atoms. The standard InChI is InChI=1S/C16H30N2O6/c1-12(10-18-13(19)6-7-14(20)21)11-23-9-5-8-17-15(22)24-16(2,3)4/h12H,5-11H2,1-4H3,(H,17,22)(H,18,19)(H,20,21). The zero-order valence-corrected chi connectivity index (χ0v) is 15.0. The number of hydrogen-bond donors (Lipinski definition) is 3. The van der Waals surface area contributed by atoms with Crippen LogP contribution in [-0.2, 0) is 19.1 Å². The number of aliphatic carboxylic acids is 1. The highest BCUT2D eigenvalue weighted by Gasteiger charge is 2.15. The summed E-state index contributed by atoms with van der Waals surface area (Å²) in [6.07, 6.45) is 0.0392. The fraction of sp³-hybridized carbons (Fsp3) is 0.812. The second-order valence-corrected chi connectivity index (χ2v) is 6.66. The van der Waals surface area contributed by atoms with Gasteiger partial charge in [0, 0.05) is 26.1 Å². The van der Waals surface area contributed by atoms with Gasteiger partial charge in [0.15, 0.2) is 0 Å². The van der Waals surface area contributed by atoms with Gasteiger partial charge in [-0.25, -0.2) is 4.79 Å². The molecule has 3 N–H and O–H groups in total. The minimum Gasteiger partial charge on any atom is -0.481 e. The number of carbonyl (C=O) groups excluding carboxylic acids is 2. The SMILES string of the molecule is CC(CNC(=O)CCC(=O)O)COCCCNC(=O)OC(C)(C)C. The highest BCUT2D eigenvalue weighted by Crippen LogP contribution is 2.06. The largest absolute Gasteiger partial charge is 0.481 e. The first-order chi connectivity index (χ1) is 11.1. The van der Waals surface area contributed by atoms with Crippen LogP contribution in [0, 0.1) is 5.92 Å². The maximum Gasteiger partial charge on any atom is 0.407 e. The number of hydrogen-bond acceptors (Lipinski definition) is 5. The van der Waals surface area contributed by atoms with Crippen molar-refractivity contribution in [1.82, 2.24) is 10.6 Å². The summed E-state index contributed by atoms with van der Waals surface area (Å²) in [6.45, 7) is 9.21. The van der Waals surface area contributed by atoms with Gasteiger partial charge >= 0.3 is 12.1 Å². The topological polar surface area (TPSA) is 114 Å². The molecule has 8 nitrogen and oxygen atoms in total. The lowest BCUT2D eigenvalue weighted by molar-refractivity contribution is -0.138. The minimum absolute atomic E-state index is 0.0146. The molecule has 0 aromatic carbocycles. The summed E-state index contributed by atoms with van der Waals surface area (Å²) in [5.41, 5.74) is -0.509. The second kappa shape index (κ2) is 11.7. The van der Waals surface area contributed by atoms with Crippen LogP contribution in [0.2, 0.25) is 0 Å². The van der Waals surface area contributed by atoms with Gasteiger partial charge < -0.3 is 25.2 Å². The van der Waals surface area contributed by atoms with Crippen LogP contribution in [-0.4, -0.2) is 55.0 Å². The van der Waals surface area contributed by atoms with Gasteiger partial charge in [0.05, 0.1) is 13.0 Å². The molecule has 0 aliphatic heterocycles. The Hall–Kier alpha value is -1.83. The molecular formula is C16H30N2O6. The number of amides is 2. The van der Waals surface area contributed by atoms with Crippen LogP contribution in [0.15, 0.2) is 0 Å². The third-order valence-electron chi connectivity index (χ3n) is 2.75. The van der Waals surface area contributed by atoms with E-state index in [1.807, 2.05) is 6.92 Å². The summed E-state index contributed by atoms with van der Waals surface area (Å²) < 4.78 is 10.6. The molecule has 0 saturated heterocycles. The Balaban J connectivity index is 3.55. The summed E-state index contributed by atoms with van der Waals surface area (Å²) in [7, 11) is 0. The normalized spacial score (nSPS) is 12.3. The Kier molecular flexibility index (Phi) is 10.8. The number of rotatable bonds is 11. The van der Waals surface area contributed by atoms with E-state index in [0.29, 0.717) is 32.7 Å². The van der Waals surface area contributed by atoms with Crippen LogP contribution in [0.4, 0.5) is 4.79 Å². The Morgan fingerprint density at radius 3 is 2.38 bits per heavy atom. The Labute approximate surface area is 143 Å². The number of alkyl carbamates (subject to hydrolysis) is 1. The number of nitrogens with one attached hydrogen (secondary N) is 2. The second-order valence-electron chi connectivity index (χ2n) is 6.66. The van der Waals surface area contributed by atoms with Crippen LogP contribution in [0.25, 0.3) is 0 Å². The Morgan fingerprint density at radius 2 is 1.79 bits per heavy atom. The molecule has 140 valence electrons. The van der Waals surface area contributed by atoms with E-state index in [1.54, 1.807) is 20.8 Å². The van der Waals surface area contributed by atoms with Crippen molar-refractivity contribution in [3.8, 4) is 0 Å². The van der Waals surface area contributed by atoms with Crippen molar-refractivity contribution in [3.63, 3.8) is 0 Å². The average molecular weight is 346 g/mol. The summed E-state index contributed by atoms with van der Waals surface area (Å²) >= 11 is 0. The third kappa shape index (κ3) is 15.1. The highest BCUT2D eigenvalue weighted by atomic mass is 16.6. The summed E-state index contributed by atoms with van der Waals surface area (Å²) in [5.74, 6) is -1.13. The summed E-state index contributed by atoms with van der Waals surface area (Å²) in [6, 6.07) is 0. The molecule has 0 bridgehead atoms. The third-order valence-corrected chi connectivity index (χ3v) is 2.75. The zero-order chi connectivity index (χ0) is 18.6. The van der Waals surface area contributed by atoms with Gasteiger partial charge in [0.2, 0.25) is 5.91 Å². The van der Waals surface area contributed by atoms with E-state index >= 15 is 0 Å². The van der Waals surface area contributed by atoms with Crippen LogP contribution < -0.4 is 10.6 Å². The van der Waals surface area contributed by atoms with E-state index in [9.17, 15) is 14.4 Å². The van der Waals surface area contributed by atoms with E-state index in [-0.39, 0.29) is 24.7 Å². The fourth-order valence-corrected chi connectivity index (χ4v) is 1.62. The van der Waals surface area contributed by atoms with Gasteiger partial charge in [-0.05, 0) is 33.1 Å². The van der Waals surface area contributed by atoms with E-state index in [2.05, 4.69) is 10.6 Å². The minimum atomic E-state index is -0.985. The molecule has 1 atom stereocenters. The van der Waals surface area contributed by atoms with E-state index in [1.165, 1.54) is 0 Å². The van der Waals surface area contributed by atoms with Crippen LogP contribution in [0.1, 0.15) is 47.0 Å². The Morgan fingerprint density at radius 1 is 1.12 bits per heavy atom. The van der Waals surface area contributed by atoms with Crippen molar-refractivity contribution in [3.05, 3.63) is 0 Å². The predicted octanol–water partition coefficient (Wildman–Crippen LogP) is 1.53. The number of carboxylic acids is 1. The maximum atomic E-state index is 11.4. The number of carboxylic acid groups (broad SMARTS) is 1. The van der Waals surface area contributed by atoms with Crippen molar-refractivity contribution in [1.29, 1.82) is 0 Å². The molecule has 0 aromatic heterocycles. The van der Waals surface area contributed by atoms with Crippen LogP contribution >= 0.6 is 0 Å². The average Bonchev–Trinajstić information content (AvgIpc) is 2.44. The van der Waals surface area contributed by atoms with E-state index in [4.69, 9.17) is 14.6 Å². The Bertz CT molecular complexity index is 406. The van der Waals surface area contributed by atoms with Crippen molar-refractivity contribution < 1.29 is 29.0 Å². The lowest BCUT2D eigenvalue weighted by atomic mass is 10.2. The zero-order valence-electron chi connectivity index (χ0n) is 15.0. The molecule has 0 heterocycles. The maximum absolute atomic E-state index is 11.4. The van der Waals surface area contributed by atoms with Gasteiger partial charge in [0.1, 0.15) is 5.60 Å². The molecule has 0 saturated carbocycles. The molecular weight excluding hydrogens is 316 g/mol. The monoisotopic (exact) mass is 346 g/mol. The number of carbonyl (C=O) groups is 3. The highest BCUT2D eigenvalue weighted by molar-refractivity contribution is 5.80. The molecule has 0 rings (SSSR count). The van der Waals surface area contributed by atoms with Gasteiger partial charge in [-0.2, -0.15) is 0 Å². The van der Waals surface area contributed by atoms with Gasteiger partial charge in [-0.1, -0.05) is 6.92 Å². The van der Waals surface area contributed by atoms with Crippen LogP contribution in [0.3, 0.4) is 0 Å². The molecule has 1 unspecified atom stereocenters. The van der Waals surface area contributed by atoms with Crippen molar-refractivity contribution in [2.24, 2.45) is 5.92 Å². The molecule has 0 aliphatic rings. The molecule has 8 heteroatoms. The first-order valence-corrected chi connectivity index (χ1v) is 8.13. The lowest BCUT2D eigenvalue weighted by Gasteiger charge is -2.19. The fourth-order valence-electron chi connectivity index (χ4n) is 1.62. The first-order valence-electron chi connectivity index (χ1n) is 8.13. The molecule has 0 spiro atoms. The van der Waals surface area contributed by atoms with E-state index in [0.717, 1.165) is 0 Å². The number of ether oxygens (including phenoxy) is 2. The van der Waals surface area contributed by atoms with E-state index < -0.39 is 17.7 Å². The predicted molar refractivity (Wildman–Crippen MR) is 88.7 cm³/mol.